The van der Waals surface area contributed by atoms with Crippen LogP contribution in [0.3, 0.4) is 0 Å². The molecule has 0 atom stereocenters. The molecular formula is C13H14FN3O3. The number of ether oxygens (including phenoxy) is 1. The van der Waals surface area contributed by atoms with Gasteiger partial charge in [-0.3, -0.25) is 0 Å². The number of rotatable bonds is 6. The van der Waals surface area contributed by atoms with E-state index in [4.69, 9.17) is 9.84 Å². The quantitative estimate of drug-likeness (QED) is 0.816. The molecule has 0 amide bonds. The second-order valence-corrected chi connectivity index (χ2v) is 4.17. The predicted molar refractivity (Wildman–Crippen MR) is 68.9 cm³/mol. The van der Waals surface area contributed by atoms with E-state index in [0.29, 0.717) is 30.8 Å². The molecule has 0 aliphatic rings. The maximum Gasteiger partial charge on any atom is 0.358 e. The summed E-state index contributed by atoms with van der Waals surface area (Å²) in [6.07, 6.45) is 0.674. The molecule has 106 valence electrons. The second-order valence-electron chi connectivity index (χ2n) is 4.17. The standard InChI is InChI=1S/C13H14FN3O3/c1-20-8-2-7-17-12(11(13(18)19)15-16-17)9-3-5-10(14)6-4-9/h3-6H,2,7-8H2,1H3,(H,18,19). The summed E-state index contributed by atoms with van der Waals surface area (Å²) in [4.78, 5) is 11.2. The Morgan fingerprint density at radius 1 is 1.40 bits per heavy atom. The van der Waals surface area contributed by atoms with Crippen molar-refractivity contribution in [1.82, 2.24) is 15.0 Å². The van der Waals surface area contributed by atoms with E-state index in [1.807, 2.05) is 0 Å². The molecule has 0 bridgehead atoms. The maximum absolute atomic E-state index is 13.0. The van der Waals surface area contributed by atoms with Crippen molar-refractivity contribution in [3.05, 3.63) is 35.8 Å². The lowest BCUT2D eigenvalue weighted by molar-refractivity contribution is 0.0691. The van der Waals surface area contributed by atoms with Crippen LogP contribution in [0.25, 0.3) is 11.3 Å². The van der Waals surface area contributed by atoms with Gasteiger partial charge in [0, 0.05) is 25.8 Å². The smallest absolute Gasteiger partial charge is 0.358 e. The van der Waals surface area contributed by atoms with Crippen LogP contribution in [0.5, 0.6) is 0 Å². The highest BCUT2D eigenvalue weighted by molar-refractivity contribution is 5.92. The molecule has 6 nitrogen and oxygen atoms in total. The molecule has 0 saturated heterocycles. The second kappa shape index (κ2) is 6.25. The number of carboxylic acid groups (broad SMARTS) is 1. The highest BCUT2D eigenvalue weighted by Crippen LogP contribution is 2.23. The maximum atomic E-state index is 13.0. The first kappa shape index (κ1) is 14.1. The first-order valence-electron chi connectivity index (χ1n) is 6.05. The number of methoxy groups -OCH3 is 1. The summed E-state index contributed by atoms with van der Waals surface area (Å²) in [5, 5.41) is 16.7. The van der Waals surface area contributed by atoms with Crippen LogP contribution in [0.2, 0.25) is 0 Å². The van der Waals surface area contributed by atoms with Crippen molar-refractivity contribution >= 4 is 5.97 Å². The summed E-state index contributed by atoms with van der Waals surface area (Å²) in [7, 11) is 1.59. The monoisotopic (exact) mass is 279 g/mol. The van der Waals surface area contributed by atoms with E-state index in [9.17, 15) is 9.18 Å². The Morgan fingerprint density at radius 2 is 2.10 bits per heavy atom. The average Bonchev–Trinajstić information content (AvgIpc) is 2.84. The van der Waals surface area contributed by atoms with Crippen molar-refractivity contribution < 1.29 is 19.0 Å². The van der Waals surface area contributed by atoms with Gasteiger partial charge in [0.25, 0.3) is 0 Å². The van der Waals surface area contributed by atoms with Crippen LogP contribution in [-0.2, 0) is 11.3 Å². The number of carbonyl (C=O) groups is 1. The van der Waals surface area contributed by atoms with Crippen LogP contribution in [0.15, 0.2) is 24.3 Å². The van der Waals surface area contributed by atoms with Gasteiger partial charge in [-0.05, 0) is 30.7 Å². The van der Waals surface area contributed by atoms with Crippen LogP contribution >= 0.6 is 0 Å². The highest BCUT2D eigenvalue weighted by Gasteiger charge is 2.20. The minimum Gasteiger partial charge on any atom is -0.476 e. The molecule has 0 saturated carbocycles. The van der Waals surface area contributed by atoms with Gasteiger partial charge in [-0.2, -0.15) is 0 Å². The summed E-state index contributed by atoms with van der Waals surface area (Å²) in [5.41, 5.74) is 0.786. The third-order valence-corrected chi connectivity index (χ3v) is 2.77. The summed E-state index contributed by atoms with van der Waals surface area (Å²) in [5.74, 6) is -1.55. The number of aromatic carboxylic acids is 1. The zero-order valence-corrected chi connectivity index (χ0v) is 10.9. The van der Waals surface area contributed by atoms with Crippen molar-refractivity contribution in [2.45, 2.75) is 13.0 Å². The third-order valence-electron chi connectivity index (χ3n) is 2.77. The Hall–Kier alpha value is -2.28. The molecular weight excluding hydrogens is 265 g/mol. The molecule has 0 aliphatic heterocycles. The van der Waals surface area contributed by atoms with Crippen LogP contribution < -0.4 is 0 Å². The molecule has 0 fully saturated rings. The first-order chi connectivity index (χ1) is 9.63. The van der Waals surface area contributed by atoms with Crippen molar-refractivity contribution in [3.8, 4) is 11.3 Å². The fraction of sp³-hybridized carbons (Fsp3) is 0.308. The Kier molecular flexibility index (Phi) is 4.41. The molecule has 0 radical (unpaired) electrons. The van der Waals surface area contributed by atoms with Gasteiger partial charge in [-0.25, -0.2) is 13.9 Å². The molecule has 0 unspecified atom stereocenters. The van der Waals surface area contributed by atoms with E-state index in [1.165, 1.54) is 28.9 Å². The van der Waals surface area contributed by atoms with Gasteiger partial charge in [0.2, 0.25) is 0 Å². The van der Waals surface area contributed by atoms with Gasteiger partial charge in [-0.15, -0.1) is 5.10 Å². The van der Waals surface area contributed by atoms with Crippen molar-refractivity contribution in [3.63, 3.8) is 0 Å². The Morgan fingerprint density at radius 3 is 2.70 bits per heavy atom. The van der Waals surface area contributed by atoms with Gasteiger partial charge in [-0.1, -0.05) is 5.21 Å². The minimum absolute atomic E-state index is 0.144. The number of benzene rings is 1. The summed E-state index contributed by atoms with van der Waals surface area (Å²) >= 11 is 0. The molecule has 0 spiro atoms. The lowest BCUT2D eigenvalue weighted by Crippen LogP contribution is -2.07. The van der Waals surface area contributed by atoms with Crippen LogP contribution in [0.4, 0.5) is 4.39 Å². The van der Waals surface area contributed by atoms with E-state index in [2.05, 4.69) is 10.3 Å². The number of hydrogen-bond donors (Lipinski definition) is 1. The van der Waals surface area contributed by atoms with Gasteiger partial charge in [0.05, 0.1) is 0 Å². The lowest BCUT2D eigenvalue weighted by atomic mass is 10.1. The van der Waals surface area contributed by atoms with E-state index in [1.54, 1.807) is 7.11 Å². The highest BCUT2D eigenvalue weighted by atomic mass is 19.1. The zero-order valence-electron chi connectivity index (χ0n) is 10.9. The summed E-state index contributed by atoms with van der Waals surface area (Å²) < 4.78 is 19.4. The van der Waals surface area contributed by atoms with E-state index >= 15 is 0 Å². The molecule has 0 aliphatic carbocycles. The first-order valence-corrected chi connectivity index (χ1v) is 6.05. The van der Waals surface area contributed by atoms with Crippen LogP contribution in [0.1, 0.15) is 16.9 Å². The summed E-state index contributed by atoms with van der Waals surface area (Å²) in [6.45, 7) is 1.01. The van der Waals surface area contributed by atoms with Gasteiger partial charge < -0.3 is 9.84 Å². The number of hydrogen-bond acceptors (Lipinski definition) is 4. The molecule has 1 aromatic carbocycles. The topological polar surface area (TPSA) is 77.2 Å². The molecule has 2 rings (SSSR count). The molecule has 1 aromatic heterocycles. The zero-order chi connectivity index (χ0) is 14.5. The van der Waals surface area contributed by atoms with Crippen LogP contribution in [0, 0.1) is 5.82 Å². The third kappa shape index (κ3) is 3.00. The number of halogens is 1. The molecule has 1 N–H and O–H groups in total. The Labute approximate surface area is 114 Å². The van der Waals surface area contributed by atoms with E-state index < -0.39 is 5.97 Å². The predicted octanol–water partition coefficient (Wildman–Crippen LogP) is 1.82. The fourth-order valence-corrected chi connectivity index (χ4v) is 1.87. The average molecular weight is 279 g/mol. The Bertz CT molecular complexity index is 595. The number of aryl methyl sites for hydroxylation is 1. The number of carboxylic acids is 1. The van der Waals surface area contributed by atoms with Gasteiger partial charge in [0.1, 0.15) is 11.5 Å². The molecule has 2 aromatic rings. The van der Waals surface area contributed by atoms with E-state index in [0.717, 1.165) is 0 Å². The van der Waals surface area contributed by atoms with Crippen molar-refractivity contribution in [2.75, 3.05) is 13.7 Å². The van der Waals surface area contributed by atoms with E-state index in [-0.39, 0.29) is 11.5 Å². The number of aromatic nitrogens is 3. The molecule has 20 heavy (non-hydrogen) atoms. The largest absolute Gasteiger partial charge is 0.476 e. The number of nitrogens with zero attached hydrogens (tertiary/aromatic N) is 3. The minimum atomic E-state index is -1.16. The lowest BCUT2D eigenvalue weighted by Gasteiger charge is -2.07. The van der Waals surface area contributed by atoms with Crippen molar-refractivity contribution in [1.29, 1.82) is 0 Å². The van der Waals surface area contributed by atoms with Crippen LogP contribution in [-0.4, -0.2) is 39.8 Å². The Balaban J connectivity index is 2.38. The van der Waals surface area contributed by atoms with Crippen molar-refractivity contribution in [2.24, 2.45) is 0 Å². The molecule has 1 heterocycles. The normalized spacial score (nSPS) is 10.7. The van der Waals surface area contributed by atoms with Gasteiger partial charge >= 0.3 is 5.97 Å². The fourth-order valence-electron chi connectivity index (χ4n) is 1.87. The van der Waals surface area contributed by atoms with Gasteiger partial charge in [0.15, 0.2) is 5.69 Å². The summed E-state index contributed by atoms with van der Waals surface area (Å²) in [6, 6.07) is 5.56. The SMILES string of the molecule is COCCCn1nnc(C(=O)O)c1-c1ccc(F)cc1. The molecule has 7 heteroatoms.